The van der Waals surface area contributed by atoms with Crippen molar-refractivity contribution in [2.75, 3.05) is 19.6 Å². The van der Waals surface area contributed by atoms with Crippen LogP contribution < -0.4 is 5.73 Å². The van der Waals surface area contributed by atoms with E-state index in [1.807, 2.05) is 11.8 Å². The molecule has 1 aliphatic heterocycles. The van der Waals surface area contributed by atoms with Crippen LogP contribution in [0.3, 0.4) is 0 Å². The van der Waals surface area contributed by atoms with Crippen LogP contribution in [0.2, 0.25) is 0 Å². The molecule has 3 unspecified atom stereocenters. The lowest BCUT2D eigenvalue weighted by Gasteiger charge is -2.18. The fourth-order valence-electron chi connectivity index (χ4n) is 1.48. The number of β-amino-alcohol motifs (C(OH)–C–C–N with tert-alkyl or cyclic N) is 2. The first-order chi connectivity index (χ1) is 6.00. The van der Waals surface area contributed by atoms with Gasteiger partial charge in [0, 0.05) is 25.6 Å². The minimum absolute atomic E-state index is 0.0162. The molecule has 1 aliphatic rings. The third-order valence-corrected chi connectivity index (χ3v) is 2.40. The van der Waals surface area contributed by atoms with Crippen LogP contribution in [-0.4, -0.2) is 52.8 Å². The van der Waals surface area contributed by atoms with Crippen LogP contribution in [0.25, 0.3) is 0 Å². The Morgan fingerprint density at radius 1 is 1.54 bits per heavy atom. The number of likely N-dealkylation sites (tertiary alicyclic amines) is 1. The van der Waals surface area contributed by atoms with Crippen LogP contribution >= 0.6 is 0 Å². The first-order valence-corrected chi connectivity index (χ1v) is 4.43. The summed E-state index contributed by atoms with van der Waals surface area (Å²) < 4.78 is 0. The van der Waals surface area contributed by atoms with E-state index >= 15 is 0 Å². The number of amidine groups is 1. The van der Waals surface area contributed by atoms with Gasteiger partial charge in [0.1, 0.15) is 0 Å². The number of rotatable bonds is 3. The lowest BCUT2D eigenvalue weighted by molar-refractivity contribution is 0.0572. The molecule has 0 aromatic rings. The van der Waals surface area contributed by atoms with E-state index in [1.54, 1.807) is 0 Å². The Bertz CT molecular complexity index is 188. The van der Waals surface area contributed by atoms with Crippen molar-refractivity contribution in [1.82, 2.24) is 4.90 Å². The summed E-state index contributed by atoms with van der Waals surface area (Å²) in [6, 6.07) is 0. The van der Waals surface area contributed by atoms with Crippen LogP contribution in [0.1, 0.15) is 6.92 Å². The molecule has 0 aromatic heterocycles. The normalized spacial score (nSPS) is 31.9. The number of nitrogens with two attached hydrogens (primary N) is 1. The van der Waals surface area contributed by atoms with E-state index in [2.05, 4.69) is 0 Å². The standard InChI is InChI=1S/C8H17N3O2/c1-5(8(9)10)2-11-3-6(12)7(13)4-11/h5-7,12-13H,2-4H2,1H3,(H3,9,10). The van der Waals surface area contributed by atoms with Gasteiger partial charge in [0.2, 0.25) is 0 Å². The molecule has 1 fully saturated rings. The van der Waals surface area contributed by atoms with Crippen LogP contribution in [0, 0.1) is 11.3 Å². The lowest BCUT2D eigenvalue weighted by atomic mass is 10.1. The van der Waals surface area contributed by atoms with E-state index in [1.165, 1.54) is 0 Å². The zero-order chi connectivity index (χ0) is 10.0. The maximum Gasteiger partial charge on any atom is 0.0947 e. The molecule has 0 radical (unpaired) electrons. The Labute approximate surface area is 77.7 Å². The fraction of sp³-hybridized carbons (Fsp3) is 0.875. The van der Waals surface area contributed by atoms with Gasteiger partial charge in [-0.2, -0.15) is 0 Å². The van der Waals surface area contributed by atoms with Gasteiger partial charge in [-0.25, -0.2) is 0 Å². The third-order valence-electron chi connectivity index (χ3n) is 2.40. The Morgan fingerprint density at radius 3 is 2.38 bits per heavy atom. The highest BCUT2D eigenvalue weighted by Crippen LogP contribution is 2.11. The molecule has 0 saturated carbocycles. The van der Waals surface area contributed by atoms with Gasteiger partial charge in [-0.1, -0.05) is 6.92 Å². The van der Waals surface area contributed by atoms with E-state index in [-0.39, 0.29) is 11.8 Å². The quantitative estimate of drug-likeness (QED) is 0.323. The third kappa shape index (κ3) is 2.65. The molecule has 0 bridgehead atoms. The molecule has 5 N–H and O–H groups in total. The summed E-state index contributed by atoms with van der Waals surface area (Å²) in [6.45, 7) is 3.43. The summed E-state index contributed by atoms with van der Waals surface area (Å²) in [6.07, 6.45) is -1.31. The first kappa shape index (κ1) is 10.4. The van der Waals surface area contributed by atoms with Crippen LogP contribution in [-0.2, 0) is 0 Å². The van der Waals surface area contributed by atoms with E-state index in [0.717, 1.165) is 0 Å². The molecule has 13 heavy (non-hydrogen) atoms. The minimum atomic E-state index is -0.654. The molecule has 0 spiro atoms. The first-order valence-electron chi connectivity index (χ1n) is 4.43. The fourth-order valence-corrected chi connectivity index (χ4v) is 1.48. The molecule has 3 atom stereocenters. The molecule has 5 heteroatoms. The largest absolute Gasteiger partial charge is 0.389 e. The second-order valence-electron chi connectivity index (χ2n) is 3.71. The Kier molecular flexibility index (Phi) is 3.24. The zero-order valence-electron chi connectivity index (χ0n) is 7.77. The molecule has 0 amide bonds. The highest BCUT2D eigenvalue weighted by Gasteiger charge is 2.30. The Hall–Kier alpha value is -0.650. The smallest absolute Gasteiger partial charge is 0.0947 e. The second kappa shape index (κ2) is 4.04. The molecular formula is C8H17N3O2. The highest BCUT2D eigenvalue weighted by atomic mass is 16.3. The lowest BCUT2D eigenvalue weighted by Crippen LogP contribution is -2.33. The molecule has 76 valence electrons. The summed E-state index contributed by atoms with van der Waals surface area (Å²) in [5.74, 6) is 0.133. The number of aliphatic hydroxyl groups excluding tert-OH is 2. The van der Waals surface area contributed by atoms with Crippen molar-refractivity contribution in [2.45, 2.75) is 19.1 Å². The number of hydrogen-bond acceptors (Lipinski definition) is 4. The van der Waals surface area contributed by atoms with Gasteiger partial charge in [0.25, 0.3) is 0 Å². The van der Waals surface area contributed by atoms with Crippen LogP contribution in [0.15, 0.2) is 0 Å². The minimum Gasteiger partial charge on any atom is -0.389 e. The van der Waals surface area contributed by atoms with Crippen molar-refractivity contribution >= 4 is 5.84 Å². The van der Waals surface area contributed by atoms with Crippen LogP contribution in [0.4, 0.5) is 0 Å². The maximum absolute atomic E-state index is 9.24. The second-order valence-corrected chi connectivity index (χ2v) is 3.71. The average molecular weight is 187 g/mol. The van der Waals surface area contributed by atoms with Gasteiger partial charge in [-0.3, -0.25) is 10.3 Å². The number of nitrogens with zero attached hydrogens (tertiary/aromatic N) is 1. The van der Waals surface area contributed by atoms with Gasteiger partial charge in [0.05, 0.1) is 18.0 Å². The molecule has 1 heterocycles. The van der Waals surface area contributed by atoms with Gasteiger partial charge in [-0.15, -0.1) is 0 Å². The predicted octanol–water partition coefficient (Wildman–Crippen LogP) is -1.40. The highest BCUT2D eigenvalue weighted by molar-refractivity contribution is 5.79. The molecule has 5 nitrogen and oxygen atoms in total. The molecule has 1 saturated heterocycles. The van der Waals surface area contributed by atoms with Gasteiger partial charge >= 0.3 is 0 Å². The van der Waals surface area contributed by atoms with Crippen LogP contribution in [0.5, 0.6) is 0 Å². The zero-order valence-corrected chi connectivity index (χ0v) is 7.77. The molecule has 0 aromatic carbocycles. The summed E-state index contributed by atoms with van der Waals surface area (Å²) in [5, 5.41) is 25.7. The van der Waals surface area contributed by atoms with E-state index < -0.39 is 12.2 Å². The summed E-state index contributed by atoms with van der Waals surface area (Å²) in [7, 11) is 0. The van der Waals surface area contributed by atoms with Crippen molar-refractivity contribution in [3.63, 3.8) is 0 Å². The van der Waals surface area contributed by atoms with Crippen molar-refractivity contribution in [1.29, 1.82) is 5.41 Å². The van der Waals surface area contributed by atoms with Crippen molar-refractivity contribution in [3.05, 3.63) is 0 Å². The predicted molar refractivity (Wildman–Crippen MR) is 49.5 cm³/mol. The Balaban J connectivity index is 2.35. The maximum atomic E-state index is 9.24. The van der Waals surface area contributed by atoms with Crippen molar-refractivity contribution in [3.8, 4) is 0 Å². The monoisotopic (exact) mass is 187 g/mol. The average Bonchev–Trinajstić information content (AvgIpc) is 2.31. The number of nitrogens with one attached hydrogen (secondary N) is 1. The van der Waals surface area contributed by atoms with Crippen molar-refractivity contribution < 1.29 is 10.2 Å². The number of aliphatic hydroxyl groups is 2. The number of hydrogen-bond donors (Lipinski definition) is 4. The summed E-state index contributed by atoms with van der Waals surface area (Å²) in [4.78, 5) is 1.92. The van der Waals surface area contributed by atoms with E-state index in [4.69, 9.17) is 11.1 Å². The summed E-state index contributed by atoms with van der Waals surface area (Å²) >= 11 is 0. The van der Waals surface area contributed by atoms with Gasteiger partial charge in [-0.05, 0) is 0 Å². The Morgan fingerprint density at radius 2 is 2.00 bits per heavy atom. The topological polar surface area (TPSA) is 93.6 Å². The van der Waals surface area contributed by atoms with E-state index in [0.29, 0.717) is 19.6 Å². The molecule has 0 aliphatic carbocycles. The van der Waals surface area contributed by atoms with Crippen molar-refractivity contribution in [2.24, 2.45) is 11.7 Å². The SMILES string of the molecule is CC(CN1CC(O)C(O)C1)C(=N)N. The van der Waals surface area contributed by atoms with E-state index in [9.17, 15) is 10.2 Å². The molecular weight excluding hydrogens is 170 g/mol. The summed E-state index contributed by atoms with van der Waals surface area (Å²) in [5.41, 5.74) is 5.32. The molecule has 1 rings (SSSR count). The van der Waals surface area contributed by atoms with Gasteiger partial charge in [0.15, 0.2) is 0 Å². The van der Waals surface area contributed by atoms with Gasteiger partial charge < -0.3 is 15.9 Å².